The number of hydrogen-bond donors (Lipinski definition) is 2. The number of fused-ring (bicyclic) bond motifs is 1. The number of imidazole rings is 1. The number of carbonyl (C=O) groups is 1. The van der Waals surface area contributed by atoms with Crippen molar-refractivity contribution in [1.29, 1.82) is 0 Å². The van der Waals surface area contributed by atoms with Crippen LogP contribution in [-0.4, -0.2) is 43.7 Å². The molecule has 27 heavy (non-hydrogen) atoms. The topological polar surface area (TPSA) is 101 Å². The highest BCUT2D eigenvalue weighted by Crippen LogP contribution is 2.30. The first-order valence-electron chi connectivity index (χ1n) is 8.98. The fourth-order valence-corrected chi connectivity index (χ4v) is 5.17. The van der Waals surface area contributed by atoms with E-state index in [1.54, 1.807) is 7.11 Å². The summed E-state index contributed by atoms with van der Waals surface area (Å²) in [6.45, 7) is 4.19. The minimum Gasteiger partial charge on any atom is -0.496 e. The molecule has 2 aromatic rings. The van der Waals surface area contributed by atoms with Crippen molar-refractivity contribution in [3.05, 3.63) is 47.0 Å². The van der Waals surface area contributed by atoms with Crippen LogP contribution in [0.2, 0.25) is 0 Å². The zero-order valence-electron chi connectivity index (χ0n) is 15.8. The van der Waals surface area contributed by atoms with E-state index in [1.165, 1.54) is 0 Å². The molecule has 2 heterocycles. The van der Waals surface area contributed by atoms with Crippen LogP contribution >= 0.6 is 0 Å². The Hall–Kier alpha value is -2.35. The number of hydrogen-bond acceptors (Lipinski definition) is 5. The molecule has 0 saturated carbocycles. The van der Waals surface area contributed by atoms with E-state index >= 15 is 0 Å². The van der Waals surface area contributed by atoms with E-state index in [-0.39, 0.29) is 34.9 Å². The van der Waals surface area contributed by atoms with Crippen LogP contribution in [0.3, 0.4) is 0 Å². The number of methoxy groups -OCH3 is 1. The number of H-pyrrole nitrogens is 1. The monoisotopic (exact) mass is 391 g/mol. The summed E-state index contributed by atoms with van der Waals surface area (Å²) in [6, 6.07) is 7.70. The van der Waals surface area contributed by atoms with Gasteiger partial charge in [-0.3, -0.25) is 4.79 Å². The molecule has 0 fully saturated rings. The van der Waals surface area contributed by atoms with Crippen LogP contribution in [-0.2, 0) is 22.0 Å². The number of sulfone groups is 1. The van der Waals surface area contributed by atoms with Gasteiger partial charge >= 0.3 is 0 Å². The summed E-state index contributed by atoms with van der Waals surface area (Å²) in [5, 5.41) is 2.88. The number of aromatic nitrogens is 2. The number of nitrogens with one attached hydrogen (secondary N) is 2. The van der Waals surface area contributed by atoms with E-state index in [0.717, 1.165) is 11.3 Å². The highest BCUT2D eigenvalue weighted by atomic mass is 32.2. The van der Waals surface area contributed by atoms with Gasteiger partial charge in [0.2, 0.25) is 0 Å². The van der Waals surface area contributed by atoms with Crippen molar-refractivity contribution in [3.63, 3.8) is 0 Å². The molecule has 146 valence electrons. The lowest BCUT2D eigenvalue weighted by Crippen LogP contribution is -2.26. The number of benzene rings is 1. The first kappa shape index (κ1) is 19.4. The average Bonchev–Trinajstić information content (AvgIpc) is 2.91. The maximum atomic E-state index is 12.4. The molecule has 7 nitrogen and oxygen atoms in total. The summed E-state index contributed by atoms with van der Waals surface area (Å²) in [6.07, 6.45) is 0.547. The molecule has 8 heteroatoms. The second-order valence-electron chi connectivity index (χ2n) is 7.31. The third-order valence-electron chi connectivity index (χ3n) is 4.53. The van der Waals surface area contributed by atoms with Gasteiger partial charge in [0.1, 0.15) is 23.0 Å². The molecule has 1 aromatic heterocycles. The summed E-state index contributed by atoms with van der Waals surface area (Å²) >= 11 is 0. The highest BCUT2D eigenvalue weighted by Gasteiger charge is 2.28. The van der Waals surface area contributed by atoms with Crippen molar-refractivity contribution in [2.75, 3.05) is 19.4 Å². The first-order chi connectivity index (χ1) is 12.8. The van der Waals surface area contributed by atoms with Crippen molar-refractivity contribution >= 4 is 15.7 Å². The fourth-order valence-electron chi connectivity index (χ4n) is 3.48. The molecule has 0 aliphatic carbocycles. The van der Waals surface area contributed by atoms with Crippen LogP contribution in [0.15, 0.2) is 24.3 Å². The van der Waals surface area contributed by atoms with Crippen LogP contribution < -0.4 is 10.1 Å². The van der Waals surface area contributed by atoms with Crippen LogP contribution in [0, 0.1) is 5.92 Å². The second kappa shape index (κ2) is 7.72. The maximum Gasteiger partial charge on any atom is 0.271 e. The molecule has 1 aromatic carbocycles. The molecule has 0 spiro atoms. The number of aromatic amines is 1. The summed E-state index contributed by atoms with van der Waals surface area (Å²) in [7, 11) is -1.66. The minimum absolute atomic E-state index is 0.00641. The Morgan fingerprint density at radius 2 is 2.04 bits per heavy atom. The number of amides is 1. The molecular weight excluding hydrogens is 366 g/mol. The lowest BCUT2D eigenvalue weighted by atomic mass is 9.93. The van der Waals surface area contributed by atoms with Crippen molar-refractivity contribution in [2.24, 2.45) is 5.92 Å². The van der Waals surface area contributed by atoms with Crippen LogP contribution in [0.4, 0.5) is 0 Å². The van der Waals surface area contributed by atoms with E-state index < -0.39 is 9.84 Å². The Bertz CT molecular complexity index is 934. The van der Waals surface area contributed by atoms with Crippen LogP contribution in [0.5, 0.6) is 5.75 Å². The van der Waals surface area contributed by atoms with E-state index in [1.807, 2.05) is 38.1 Å². The zero-order valence-corrected chi connectivity index (χ0v) is 16.6. The number of para-hydroxylation sites is 1. The molecule has 1 aliphatic rings. The highest BCUT2D eigenvalue weighted by molar-refractivity contribution is 7.90. The Morgan fingerprint density at radius 1 is 1.30 bits per heavy atom. The predicted molar refractivity (Wildman–Crippen MR) is 103 cm³/mol. The van der Waals surface area contributed by atoms with E-state index in [4.69, 9.17) is 4.74 Å². The molecule has 0 saturated heterocycles. The standard InChI is InChI=1S/C19H25N3O4S/c1-12(2)10-27(24,25)11-17-21-15-8-13(9-20-19(23)18(15)22-17)14-6-4-5-7-16(14)26-3/h4-7,12-13H,8-11H2,1-3H3,(H,20,23)(H,21,22)/t13-/m0/s1. The number of rotatable bonds is 6. The lowest BCUT2D eigenvalue weighted by Gasteiger charge is -2.17. The van der Waals surface area contributed by atoms with Gasteiger partial charge in [0, 0.05) is 18.2 Å². The molecular formula is C19H25N3O4S. The second-order valence-corrected chi connectivity index (χ2v) is 9.42. The largest absolute Gasteiger partial charge is 0.496 e. The Morgan fingerprint density at radius 3 is 2.74 bits per heavy atom. The fraction of sp³-hybridized carbons (Fsp3) is 0.474. The Labute approximate surface area is 159 Å². The zero-order chi connectivity index (χ0) is 19.6. The van der Waals surface area contributed by atoms with Gasteiger partial charge in [0.15, 0.2) is 9.84 Å². The number of carbonyl (C=O) groups excluding carboxylic acids is 1. The summed E-state index contributed by atoms with van der Waals surface area (Å²) in [4.78, 5) is 19.8. The lowest BCUT2D eigenvalue weighted by molar-refractivity contribution is 0.0950. The van der Waals surface area contributed by atoms with Gasteiger partial charge in [-0.25, -0.2) is 13.4 Å². The quantitative estimate of drug-likeness (QED) is 0.785. The van der Waals surface area contributed by atoms with E-state index in [2.05, 4.69) is 15.3 Å². The predicted octanol–water partition coefficient (Wildman–Crippen LogP) is 2.06. The van der Waals surface area contributed by atoms with Gasteiger partial charge < -0.3 is 15.0 Å². The summed E-state index contributed by atoms with van der Waals surface area (Å²) in [5.41, 5.74) is 1.94. The third-order valence-corrected chi connectivity index (χ3v) is 6.41. The Balaban J connectivity index is 1.88. The van der Waals surface area contributed by atoms with Gasteiger partial charge in [-0.05, 0) is 24.0 Å². The maximum absolute atomic E-state index is 12.4. The molecule has 1 aliphatic heterocycles. The van der Waals surface area contributed by atoms with Gasteiger partial charge in [-0.15, -0.1) is 0 Å². The van der Waals surface area contributed by atoms with E-state index in [0.29, 0.717) is 24.5 Å². The minimum atomic E-state index is -3.28. The van der Waals surface area contributed by atoms with Crippen molar-refractivity contribution in [3.8, 4) is 5.75 Å². The molecule has 0 bridgehead atoms. The molecule has 0 radical (unpaired) electrons. The third kappa shape index (κ3) is 4.50. The molecule has 2 N–H and O–H groups in total. The molecule has 1 amide bonds. The number of ether oxygens (including phenoxy) is 1. The first-order valence-corrected chi connectivity index (χ1v) is 10.8. The van der Waals surface area contributed by atoms with Crippen LogP contribution in [0.25, 0.3) is 0 Å². The molecule has 0 unspecified atom stereocenters. The van der Waals surface area contributed by atoms with Crippen molar-refractivity contribution in [1.82, 2.24) is 15.3 Å². The SMILES string of the molecule is COc1ccccc1[C@@H]1CNC(=O)c2nc(CS(=O)(=O)CC(C)C)[nH]c2C1. The summed E-state index contributed by atoms with van der Waals surface area (Å²) in [5.74, 6) is 0.745. The number of nitrogens with zero attached hydrogens (tertiary/aromatic N) is 1. The summed E-state index contributed by atoms with van der Waals surface area (Å²) < 4.78 is 30.0. The van der Waals surface area contributed by atoms with E-state index in [9.17, 15) is 13.2 Å². The van der Waals surface area contributed by atoms with Gasteiger partial charge in [0.05, 0.1) is 12.9 Å². The van der Waals surface area contributed by atoms with Crippen molar-refractivity contribution in [2.45, 2.75) is 31.9 Å². The van der Waals surface area contributed by atoms with Gasteiger partial charge in [-0.1, -0.05) is 32.0 Å². The van der Waals surface area contributed by atoms with Crippen molar-refractivity contribution < 1.29 is 17.9 Å². The van der Waals surface area contributed by atoms with Gasteiger partial charge in [-0.2, -0.15) is 0 Å². The molecule has 3 rings (SSSR count). The average molecular weight is 391 g/mol. The molecule has 1 atom stereocenters. The van der Waals surface area contributed by atoms with Gasteiger partial charge in [0.25, 0.3) is 5.91 Å². The normalized spacial score (nSPS) is 17.3. The smallest absolute Gasteiger partial charge is 0.271 e. The van der Waals surface area contributed by atoms with Crippen LogP contribution in [0.1, 0.15) is 47.3 Å². The Kier molecular flexibility index (Phi) is 5.55.